The van der Waals surface area contributed by atoms with Crippen LogP contribution in [0.15, 0.2) is 42.2 Å². The zero-order valence-electron chi connectivity index (χ0n) is 19.8. The van der Waals surface area contributed by atoms with Crippen LogP contribution in [-0.4, -0.2) is 35.6 Å². The zero-order chi connectivity index (χ0) is 25.1. The number of benzene rings is 2. The van der Waals surface area contributed by atoms with Gasteiger partial charge in [-0.15, -0.1) is 0 Å². The Bertz CT molecular complexity index is 838. The minimum absolute atomic E-state index is 0.123. The Labute approximate surface area is 231 Å². The Hall–Kier alpha value is -0.120. The van der Waals surface area contributed by atoms with E-state index in [9.17, 15) is 10.2 Å². The number of ether oxygens (including phenoxy) is 2. The van der Waals surface area contributed by atoms with Gasteiger partial charge in [0.25, 0.3) is 0 Å². The maximum Gasteiger partial charge on any atom is 0.147 e. The van der Waals surface area contributed by atoms with Gasteiger partial charge in [-0.25, -0.2) is 0 Å². The molecule has 0 radical (unpaired) electrons. The van der Waals surface area contributed by atoms with Gasteiger partial charge in [-0.1, -0.05) is 41.5 Å². The smallest absolute Gasteiger partial charge is 0.147 e. The molecule has 2 N–H and O–H groups in total. The number of aliphatic hydroxyl groups excluding tert-OH is 2. The molecule has 2 aromatic carbocycles. The number of hydrogen-bond donors (Lipinski definition) is 2. The van der Waals surface area contributed by atoms with Gasteiger partial charge in [-0.3, -0.25) is 0 Å². The molecule has 0 aromatic heterocycles. The first-order chi connectivity index (χ1) is 15.2. The predicted octanol–water partition coefficient (Wildman–Crippen LogP) is 7.85. The van der Waals surface area contributed by atoms with Crippen molar-refractivity contribution in [3.05, 3.63) is 53.3 Å². The van der Waals surface area contributed by atoms with E-state index in [0.717, 1.165) is 29.0 Å². The van der Waals surface area contributed by atoms with Gasteiger partial charge in [0.1, 0.15) is 24.7 Å². The molecule has 2 unspecified atom stereocenters. The SMILES string of the molecule is CC(C)C(O)COc1c(Br)cc(C(C)(C)c2cc(Br)c(OCC(O)C(C)C)c(Br)c2)cc1Br. The summed E-state index contributed by atoms with van der Waals surface area (Å²) in [4.78, 5) is 0. The van der Waals surface area contributed by atoms with Crippen LogP contribution in [0.3, 0.4) is 0 Å². The van der Waals surface area contributed by atoms with Crippen LogP contribution in [-0.2, 0) is 5.41 Å². The molecule has 184 valence electrons. The monoisotopic (exact) mass is 712 g/mol. The van der Waals surface area contributed by atoms with E-state index in [-0.39, 0.29) is 30.5 Å². The van der Waals surface area contributed by atoms with Crippen LogP contribution in [0.2, 0.25) is 0 Å². The van der Waals surface area contributed by atoms with Gasteiger partial charge >= 0.3 is 0 Å². The van der Waals surface area contributed by atoms with Gasteiger partial charge in [0.05, 0.1) is 30.1 Å². The minimum Gasteiger partial charge on any atom is -0.489 e. The summed E-state index contributed by atoms with van der Waals surface area (Å²) >= 11 is 14.6. The first kappa shape index (κ1) is 29.1. The highest BCUT2D eigenvalue weighted by Crippen LogP contribution is 2.44. The Kier molecular flexibility index (Phi) is 10.8. The Morgan fingerprint density at radius 2 is 0.939 bits per heavy atom. The third-order valence-electron chi connectivity index (χ3n) is 5.78. The Balaban J connectivity index is 2.32. The van der Waals surface area contributed by atoms with E-state index in [1.54, 1.807) is 0 Å². The van der Waals surface area contributed by atoms with E-state index in [0.29, 0.717) is 11.5 Å². The van der Waals surface area contributed by atoms with Crippen LogP contribution >= 0.6 is 63.7 Å². The van der Waals surface area contributed by atoms with Crippen LogP contribution in [0.25, 0.3) is 0 Å². The van der Waals surface area contributed by atoms with Gasteiger partial charge in [-0.05, 0) is 111 Å². The fourth-order valence-corrected chi connectivity index (χ4v) is 5.84. The summed E-state index contributed by atoms with van der Waals surface area (Å²) in [6.07, 6.45) is -1.06. The van der Waals surface area contributed by atoms with Gasteiger partial charge in [0.2, 0.25) is 0 Å². The normalized spacial score (nSPS) is 14.0. The molecule has 0 amide bonds. The van der Waals surface area contributed by atoms with Crippen molar-refractivity contribution in [1.82, 2.24) is 0 Å². The number of rotatable bonds is 10. The van der Waals surface area contributed by atoms with Gasteiger partial charge < -0.3 is 19.7 Å². The molecule has 0 saturated carbocycles. The maximum atomic E-state index is 10.1. The third-order valence-corrected chi connectivity index (χ3v) is 8.13. The van der Waals surface area contributed by atoms with Crippen molar-refractivity contribution in [2.24, 2.45) is 11.8 Å². The largest absolute Gasteiger partial charge is 0.489 e. The summed E-state index contributed by atoms with van der Waals surface area (Å²) in [6, 6.07) is 8.19. The van der Waals surface area contributed by atoms with Crippen molar-refractivity contribution in [1.29, 1.82) is 0 Å². The molecule has 2 atom stereocenters. The second kappa shape index (κ2) is 12.2. The average molecular weight is 716 g/mol. The van der Waals surface area contributed by atoms with Gasteiger partial charge in [-0.2, -0.15) is 0 Å². The summed E-state index contributed by atoms with van der Waals surface area (Å²) in [7, 11) is 0. The standard InChI is InChI=1S/C25H32Br4O4/c1-13(2)21(30)11-32-23-17(26)7-15(8-18(23)27)25(5,6)16-9-19(28)24(20(29)10-16)33-12-22(31)14(3)4/h7-10,13-14,21-22,30-31H,11-12H2,1-6H3. The van der Waals surface area contributed by atoms with E-state index in [2.05, 4.69) is 77.6 Å². The lowest BCUT2D eigenvalue weighted by molar-refractivity contribution is 0.0695. The lowest BCUT2D eigenvalue weighted by Gasteiger charge is -2.29. The van der Waals surface area contributed by atoms with E-state index < -0.39 is 12.2 Å². The first-order valence-electron chi connectivity index (χ1n) is 10.9. The van der Waals surface area contributed by atoms with E-state index in [1.165, 1.54) is 0 Å². The predicted molar refractivity (Wildman–Crippen MR) is 148 cm³/mol. The fourth-order valence-electron chi connectivity index (χ4n) is 3.01. The van der Waals surface area contributed by atoms with Crippen LogP contribution < -0.4 is 9.47 Å². The molecule has 0 aliphatic heterocycles. The third kappa shape index (κ3) is 7.43. The number of halogens is 4. The van der Waals surface area contributed by atoms with Crippen molar-refractivity contribution < 1.29 is 19.7 Å². The van der Waals surface area contributed by atoms with E-state index in [4.69, 9.17) is 9.47 Å². The summed E-state index contributed by atoms with van der Waals surface area (Å²) < 4.78 is 15.0. The quantitative estimate of drug-likeness (QED) is 0.263. The Morgan fingerprint density at radius 1 is 0.667 bits per heavy atom. The molecular formula is C25H32Br4O4. The van der Waals surface area contributed by atoms with Crippen molar-refractivity contribution in [2.75, 3.05) is 13.2 Å². The summed E-state index contributed by atoms with van der Waals surface area (Å²) in [6.45, 7) is 12.6. The zero-order valence-corrected chi connectivity index (χ0v) is 26.1. The lowest BCUT2D eigenvalue weighted by Crippen LogP contribution is -2.24. The maximum absolute atomic E-state index is 10.1. The van der Waals surface area contributed by atoms with Crippen molar-refractivity contribution in [2.45, 2.75) is 59.2 Å². The summed E-state index contributed by atoms with van der Waals surface area (Å²) in [5.74, 6) is 1.59. The number of aliphatic hydroxyl groups is 2. The lowest BCUT2D eigenvalue weighted by atomic mass is 9.78. The number of hydrogen-bond acceptors (Lipinski definition) is 4. The van der Waals surface area contributed by atoms with Gasteiger partial charge in [0, 0.05) is 5.41 Å². The molecule has 4 nitrogen and oxygen atoms in total. The van der Waals surface area contributed by atoms with E-state index in [1.807, 2.05) is 52.0 Å². The molecule has 0 bridgehead atoms. The Morgan fingerprint density at radius 3 is 1.18 bits per heavy atom. The molecule has 2 rings (SSSR count). The fraction of sp³-hybridized carbons (Fsp3) is 0.520. The van der Waals surface area contributed by atoms with Crippen molar-refractivity contribution in [3.8, 4) is 11.5 Å². The average Bonchev–Trinajstić information content (AvgIpc) is 2.71. The summed E-state index contributed by atoms with van der Waals surface area (Å²) in [5.41, 5.74) is 1.84. The van der Waals surface area contributed by atoms with Gasteiger partial charge in [0.15, 0.2) is 0 Å². The topological polar surface area (TPSA) is 58.9 Å². The molecule has 0 fully saturated rings. The van der Waals surface area contributed by atoms with E-state index >= 15 is 0 Å². The highest BCUT2D eigenvalue weighted by Gasteiger charge is 2.28. The molecule has 0 spiro atoms. The first-order valence-corrected chi connectivity index (χ1v) is 14.0. The molecule has 8 heteroatoms. The van der Waals surface area contributed by atoms with Crippen LogP contribution in [0.5, 0.6) is 11.5 Å². The van der Waals surface area contributed by atoms with Crippen LogP contribution in [0.1, 0.15) is 52.7 Å². The second-order valence-electron chi connectivity index (χ2n) is 9.41. The molecule has 33 heavy (non-hydrogen) atoms. The molecule has 2 aromatic rings. The minimum atomic E-state index is -0.531. The molecule has 0 saturated heterocycles. The van der Waals surface area contributed by atoms with Crippen molar-refractivity contribution >= 4 is 63.7 Å². The molecule has 0 heterocycles. The molecular weight excluding hydrogens is 684 g/mol. The van der Waals surface area contributed by atoms with Crippen LogP contribution in [0, 0.1) is 11.8 Å². The molecule has 0 aliphatic rings. The van der Waals surface area contributed by atoms with Crippen LogP contribution in [0.4, 0.5) is 0 Å². The van der Waals surface area contributed by atoms with Crippen molar-refractivity contribution in [3.63, 3.8) is 0 Å². The highest BCUT2D eigenvalue weighted by molar-refractivity contribution is 9.11. The molecule has 0 aliphatic carbocycles. The summed E-state index contributed by atoms with van der Waals surface area (Å²) in [5, 5.41) is 20.2. The highest BCUT2D eigenvalue weighted by atomic mass is 79.9. The second-order valence-corrected chi connectivity index (χ2v) is 12.8.